The summed E-state index contributed by atoms with van der Waals surface area (Å²) in [6, 6.07) is 17.1. The molecule has 2 unspecified atom stereocenters. The monoisotopic (exact) mass is 364 g/mol. The summed E-state index contributed by atoms with van der Waals surface area (Å²) in [5, 5.41) is 0. The Morgan fingerprint density at radius 2 is 1.78 bits per heavy atom. The van der Waals surface area contributed by atoms with Crippen LogP contribution >= 0.6 is 0 Å². The van der Waals surface area contributed by atoms with Gasteiger partial charge in [-0.25, -0.2) is 4.79 Å². The second kappa shape index (κ2) is 7.81. The van der Waals surface area contributed by atoms with E-state index in [0.29, 0.717) is 17.9 Å². The van der Waals surface area contributed by atoms with Crippen molar-refractivity contribution < 1.29 is 4.42 Å². The Morgan fingerprint density at radius 1 is 1.11 bits per heavy atom. The zero-order valence-electron chi connectivity index (χ0n) is 16.3. The number of aryl methyl sites for hydroxylation is 1. The van der Waals surface area contributed by atoms with E-state index in [1.807, 2.05) is 18.2 Å². The van der Waals surface area contributed by atoms with Crippen LogP contribution < -0.4 is 11.5 Å². The standard InChI is InChI=1S/C22H26N3O2/c1-14(2)15(3)24-13-19(23)11-16-5-7-17(8-6-16)18-9-10-21-20(12-18)25(4)22(26)27-21/h5-10,12,14-15,19H,11,23H2,1-4H3/q+1. The summed E-state index contributed by atoms with van der Waals surface area (Å²) < 4.78 is 6.70. The van der Waals surface area contributed by atoms with E-state index in [-0.39, 0.29) is 17.8 Å². The maximum atomic E-state index is 11.6. The molecule has 0 aliphatic heterocycles. The Hall–Kier alpha value is -2.84. The molecular weight excluding hydrogens is 338 g/mol. The molecule has 2 atom stereocenters. The molecule has 1 aromatic heterocycles. The van der Waals surface area contributed by atoms with E-state index in [4.69, 9.17) is 10.2 Å². The lowest BCUT2D eigenvalue weighted by Crippen LogP contribution is -2.20. The first-order chi connectivity index (χ1) is 12.8. The third kappa shape index (κ3) is 4.29. The van der Waals surface area contributed by atoms with Crippen LogP contribution in [0.4, 0.5) is 0 Å². The second-order valence-electron chi connectivity index (χ2n) is 7.36. The van der Waals surface area contributed by atoms with Crippen molar-refractivity contribution in [3.8, 4) is 17.2 Å². The second-order valence-corrected chi connectivity index (χ2v) is 7.36. The Labute approximate surface area is 159 Å². The minimum atomic E-state index is -0.351. The summed E-state index contributed by atoms with van der Waals surface area (Å²) in [4.78, 5) is 16.0. The van der Waals surface area contributed by atoms with Gasteiger partial charge in [0.2, 0.25) is 0 Å². The highest BCUT2D eigenvalue weighted by Gasteiger charge is 2.15. The van der Waals surface area contributed by atoms with E-state index in [1.54, 1.807) is 7.05 Å². The molecule has 2 aromatic carbocycles. The summed E-state index contributed by atoms with van der Waals surface area (Å²) >= 11 is 0. The number of nitrogens with zero attached hydrogens (tertiary/aromatic N) is 2. The number of rotatable bonds is 4. The lowest BCUT2D eigenvalue weighted by Gasteiger charge is -2.05. The van der Waals surface area contributed by atoms with E-state index in [1.165, 1.54) is 4.57 Å². The third-order valence-electron chi connectivity index (χ3n) is 4.94. The highest BCUT2D eigenvalue weighted by Crippen LogP contribution is 2.24. The van der Waals surface area contributed by atoms with Crippen LogP contribution in [0.2, 0.25) is 0 Å². The molecule has 27 heavy (non-hydrogen) atoms. The quantitative estimate of drug-likeness (QED) is 0.760. The molecule has 0 radical (unpaired) electrons. The Bertz CT molecular complexity index is 1050. The maximum absolute atomic E-state index is 11.6. The molecule has 3 rings (SSSR count). The summed E-state index contributed by atoms with van der Waals surface area (Å²) in [7, 11) is 1.71. The smallest absolute Gasteiger partial charge is 0.408 e. The molecule has 0 aliphatic carbocycles. The SMILES string of the molecule is CC(C)C(C)[N+]#CC(N)Cc1ccc(-c2ccc3oc(=O)n(C)c3c2)cc1. The van der Waals surface area contributed by atoms with Gasteiger partial charge in [-0.15, -0.1) is 0 Å². The fourth-order valence-electron chi connectivity index (χ4n) is 2.80. The number of benzene rings is 2. The Kier molecular flexibility index (Phi) is 5.48. The summed E-state index contributed by atoms with van der Waals surface area (Å²) in [6.45, 7) is 6.35. The minimum Gasteiger partial charge on any atom is -0.408 e. The number of nitrogens with two attached hydrogens (primary N) is 1. The number of oxazole rings is 1. The van der Waals surface area contributed by atoms with Crippen molar-refractivity contribution in [3.05, 3.63) is 63.4 Å². The third-order valence-corrected chi connectivity index (χ3v) is 4.94. The van der Waals surface area contributed by atoms with Gasteiger partial charge >= 0.3 is 5.76 Å². The van der Waals surface area contributed by atoms with Crippen LogP contribution in [0.3, 0.4) is 0 Å². The molecule has 0 aliphatic rings. The number of aromatic nitrogens is 1. The summed E-state index contributed by atoms with van der Waals surface area (Å²) in [5.41, 5.74) is 10.8. The van der Waals surface area contributed by atoms with Crippen LogP contribution in [-0.4, -0.2) is 16.7 Å². The van der Waals surface area contributed by atoms with Gasteiger partial charge in [-0.05, 0) is 28.8 Å². The van der Waals surface area contributed by atoms with Crippen molar-refractivity contribution in [2.75, 3.05) is 0 Å². The molecule has 0 amide bonds. The van der Waals surface area contributed by atoms with Crippen molar-refractivity contribution in [3.63, 3.8) is 0 Å². The van der Waals surface area contributed by atoms with Crippen LogP contribution in [0, 0.1) is 12.0 Å². The number of hydrogen-bond donors (Lipinski definition) is 1. The molecule has 0 saturated heterocycles. The van der Waals surface area contributed by atoms with Crippen LogP contribution in [-0.2, 0) is 13.5 Å². The maximum Gasteiger partial charge on any atom is 0.419 e. The van der Waals surface area contributed by atoms with Gasteiger partial charge in [0.05, 0.1) is 5.52 Å². The van der Waals surface area contributed by atoms with Crippen LogP contribution in [0.15, 0.2) is 51.7 Å². The van der Waals surface area contributed by atoms with Gasteiger partial charge < -0.3 is 10.2 Å². The predicted octanol–water partition coefficient (Wildman–Crippen LogP) is 4.05. The van der Waals surface area contributed by atoms with E-state index in [0.717, 1.165) is 22.2 Å². The topological polar surface area (TPSA) is 65.5 Å². The van der Waals surface area contributed by atoms with E-state index in [9.17, 15) is 4.79 Å². The van der Waals surface area contributed by atoms with Gasteiger partial charge in [-0.1, -0.05) is 49.0 Å². The fraction of sp³-hybridized carbons (Fsp3) is 0.364. The van der Waals surface area contributed by atoms with E-state index < -0.39 is 0 Å². The Balaban J connectivity index is 1.75. The van der Waals surface area contributed by atoms with Crippen molar-refractivity contribution in [2.24, 2.45) is 18.7 Å². The first kappa shape index (κ1) is 18.9. The molecule has 0 spiro atoms. The molecule has 140 valence electrons. The van der Waals surface area contributed by atoms with Crippen LogP contribution in [0.1, 0.15) is 26.3 Å². The molecular formula is C22H26N3O2+. The van der Waals surface area contributed by atoms with Crippen LogP contribution in [0.25, 0.3) is 27.1 Å². The van der Waals surface area contributed by atoms with E-state index in [2.05, 4.69) is 56.0 Å². The zero-order chi connectivity index (χ0) is 19.6. The van der Waals surface area contributed by atoms with Crippen molar-refractivity contribution in [1.29, 1.82) is 0 Å². The van der Waals surface area contributed by atoms with E-state index >= 15 is 0 Å². The molecule has 5 heteroatoms. The van der Waals surface area contributed by atoms with Gasteiger partial charge in [-0.2, -0.15) is 0 Å². The predicted molar refractivity (Wildman–Crippen MR) is 110 cm³/mol. The average molecular weight is 364 g/mol. The molecule has 0 fully saturated rings. The normalized spacial score (nSPS) is 13.4. The molecule has 2 N–H and O–H groups in total. The number of fused-ring (bicyclic) bond motifs is 1. The van der Waals surface area contributed by atoms with Gasteiger partial charge in [0.15, 0.2) is 5.58 Å². The van der Waals surface area contributed by atoms with Gasteiger partial charge in [0, 0.05) is 26.3 Å². The lowest BCUT2D eigenvalue weighted by atomic mass is 10.0. The largest absolute Gasteiger partial charge is 0.419 e. The first-order valence-corrected chi connectivity index (χ1v) is 9.25. The average Bonchev–Trinajstić information content (AvgIpc) is 2.94. The molecule has 3 aromatic rings. The molecule has 5 nitrogen and oxygen atoms in total. The fourth-order valence-corrected chi connectivity index (χ4v) is 2.80. The van der Waals surface area contributed by atoms with Gasteiger partial charge in [0.1, 0.15) is 6.04 Å². The lowest BCUT2D eigenvalue weighted by molar-refractivity contribution is 0.528. The minimum absolute atomic E-state index is 0.214. The Morgan fingerprint density at radius 3 is 2.44 bits per heavy atom. The number of hydrogen-bond acceptors (Lipinski definition) is 3. The molecule has 0 saturated carbocycles. The van der Waals surface area contributed by atoms with Gasteiger partial charge in [0.25, 0.3) is 12.1 Å². The zero-order valence-corrected chi connectivity index (χ0v) is 16.3. The van der Waals surface area contributed by atoms with Crippen molar-refractivity contribution in [2.45, 2.75) is 39.3 Å². The van der Waals surface area contributed by atoms with Crippen molar-refractivity contribution >= 4 is 11.1 Å². The molecule has 0 bridgehead atoms. The van der Waals surface area contributed by atoms with Crippen LogP contribution in [0.5, 0.6) is 0 Å². The molecule has 1 heterocycles. The highest BCUT2D eigenvalue weighted by molar-refractivity contribution is 5.80. The van der Waals surface area contributed by atoms with Crippen molar-refractivity contribution in [1.82, 2.24) is 4.57 Å². The summed E-state index contributed by atoms with van der Waals surface area (Å²) in [5.74, 6) is 0.132. The summed E-state index contributed by atoms with van der Waals surface area (Å²) in [6.07, 6.45) is 0.698. The highest BCUT2D eigenvalue weighted by atomic mass is 16.4. The first-order valence-electron chi connectivity index (χ1n) is 9.25. The van der Waals surface area contributed by atoms with Gasteiger partial charge in [-0.3, -0.25) is 4.57 Å².